The molecule has 0 spiro atoms. The predicted molar refractivity (Wildman–Crippen MR) is 102 cm³/mol. The molecule has 0 atom stereocenters. The van der Waals surface area contributed by atoms with Crippen LogP contribution in [0.15, 0.2) is 40.5 Å². The van der Waals surface area contributed by atoms with Crippen LogP contribution >= 0.6 is 11.3 Å². The van der Waals surface area contributed by atoms with E-state index in [4.69, 9.17) is 14.2 Å². The second-order valence-electron chi connectivity index (χ2n) is 5.74. The highest BCUT2D eigenvalue weighted by atomic mass is 32.1. The Morgan fingerprint density at radius 3 is 2.59 bits per heavy atom. The molecular weight excluding hydrogens is 368 g/mol. The molecule has 0 amide bonds. The minimum Gasteiger partial charge on any atom is -0.494 e. The number of rotatable bonds is 8. The number of carbonyl (C=O) groups excluding carboxylic acids is 1. The summed E-state index contributed by atoms with van der Waals surface area (Å²) in [5.74, 6) is 1.01. The number of benzene rings is 1. The highest BCUT2D eigenvalue weighted by Crippen LogP contribution is 2.17. The van der Waals surface area contributed by atoms with Crippen LogP contribution < -0.4 is 15.0 Å². The van der Waals surface area contributed by atoms with Gasteiger partial charge in [-0.15, -0.1) is 11.3 Å². The SMILES string of the molecule is CCOc1ccc(OCCC(=O)OCc2cc(=O)n3c(C)csc3n2)cc1. The zero-order valence-electron chi connectivity index (χ0n) is 15.1. The van der Waals surface area contributed by atoms with Crippen molar-refractivity contribution < 1.29 is 19.0 Å². The number of aryl methyl sites for hydroxylation is 1. The molecular formula is C19H20N2O5S. The van der Waals surface area contributed by atoms with Crippen molar-refractivity contribution in [2.75, 3.05) is 13.2 Å². The molecule has 2 aromatic heterocycles. The molecule has 142 valence electrons. The van der Waals surface area contributed by atoms with Crippen LogP contribution in [-0.2, 0) is 16.1 Å². The van der Waals surface area contributed by atoms with Crippen LogP contribution in [0.3, 0.4) is 0 Å². The first-order chi connectivity index (χ1) is 13.1. The van der Waals surface area contributed by atoms with Gasteiger partial charge in [-0.2, -0.15) is 0 Å². The van der Waals surface area contributed by atoms with Gasteiger partial charge in [-0.3, -0.25) is 14.0 Å². The van der Waals surface area contributed by atoms with Gasteiger partial charge in [-0.25, -0.2) is 4.98 Å². The van der Waals surface area contributed by atoms with Crippen LogP contribution in [0.4, 0.5) is 0 Å². The molecule has 27 heavy (non-hydrogen) atoms. The largest absolute Gasteiger partial charge is 0.494 e. The number of nitrogens with zero attached hydrogens (tertiary/aromatic N) is 2. The topological polar surface area (TPSA) is 79.1 Å². The number of aromatic nitrogens is 2. The lowest BCUT2D eigenvalue weighted by Gasteiger charge is -2.08. The fourth-order valence-corrected chi connectivity index (χ4v) is 3.34. The number of hydrogen-bond donors (Lipinski definition) is 0. The Bertz CT molecular complexity index is 978. The summed E-state index contributed by atoms with van der Waals surface area (Å²) in [4.78, 5) is 28.9. The minimum absolute atomic E-state index is 0.0371. The molecule has 0 bridgehead atoms. The van der Waals surface area contributed by atoms with Gasteiger partial charge in [-0.1, -0.05) is 0 Å². The van der Waals surface area contributed by atoms with E-state index in [0.717, 1.165) is 11.4 Å². The number of esters is 1. The number of thiazole rings is 1. The van der Waals surface area contributed by atoms with E-state index in [2.05, 4.69) is 4.98 Å². The monoisotopic (exact) mass is 388 g/mol. The van der Waals surface area contributed by atoms with Gasteiger partial charge in [0.25, 0.3) is 5.56 Å². The van der Waals surface area contributed by atoms with Crippen LogP contribution in [0.2, 0.25) is 0 Å². The lowest BCUT2D eigenvalue weighted by Crippen LogP contribution is -2.16. The molecule has 2 heterocycles. The maximum absolute atomic E-state index is 12.1. The van der Waals surface area contributed by atoms with Gasteiger partial charge in [0.1, 0.15) is 18.1 Å². The van der Waals surface area contributed by atoms with E-state index < -0.39 is 5.97 Å². The summed E-state index contributed by atoms with van der Waals surface area (Å²) in [6.07, 6.45) is 0.104. The maximum Gasteiger partial charge on any atom is 0.309 e. The molecule has 0 saturated heterocycles. The fraction of sp³-hybridized carbons (Fsp3) is 0.316. The Labute approximate surface area is 160 Å². The van der Waals surface area contributed by atoms with E-state index in [1.54, 1.807) is 12.1 Å². The second kappa shape index (κ2) is 8.68. The highest BCUT2D eigenvalue weighted by molar-refractivity contribution is 7.15. The van der Waals surface area contributed by atoms with E-state index in [0.29, 0.717) is 23.0 Å². The zero-order valence-corrected chi connectivity index (χ0v) is 16.0. The normalized spacial score (nSPS) is 10.7. The number of fused-ring (bicyclic) bond motifs is 1. The molecule has 0 aliphatic heterocycles. The van der Waals surface area contributed by atoms with Crippen molar-refractivity contribution in [1.29, 1.82) is 0 Å². The first-order valence-electron chi connectivity index (χ1n) is 8.55. The molecule has 0 aliphatic rings. The van der Waals surface area contributed by atoms with Crippen molar-refractivity contribution in [3.8, 4) is 11.5 Å². The van der Waals surface area contributed by atoms with Crippen molar-refractivity contribution in [3.63, 3.8) is 0 Å². The molecule has 0 N–H and O–H groups in total. The lowest BCUT2D eigenvalue weighted by atomic mass is 10.3. The van der Waals surface area contributed by atoms with Gasteiger partial charge in [0.2, 0.25) is 0 Å². The first kappa shape index (κ1) is 18.9. The summed E-state index contributed by atoms with van der Waals surface area (Å²) >= 11 is 1.37. The summed E-state index contributed by atoms with van der Waals surface area (Å²) in [7, 11) is 0. The molecule has 0 aliphatic carbocycles. The van der Waals surface area contributed by atoms with E-state index in [9.17, 15) is 9.59 Å². The Morgan fingerprint density at radius 2 is 1.89 bits per heavy atom. The van der Waals surface area contributed by atoms with Gasteiger partial charge in [0, 0.05) is 17.1 Å². The molecule has 0 fully saturated rings. The quantitative estimate of drug-likeness (QED) is 0.552. The molecule has 3 rings (SSSR count). The van der Waals surface area contributed by atoms with Crippen LogP contribution in [0.5, 0.6) is 11.5 Å². The minimum atomic E-state index is -0.412. The highest BCUT2D eigenvalue weighted by Gasteiger charge is 2.09. The summed E-state index contributed by atoms with van der Waals surface area (Å²) in [6, 6.07) is 8.57. The maximum atomic E-state index is 12.1. The van der Waals surface area contributed by atoms with Crippen molar-refractivity contribution in [3.05, 3.63) is 57.5 Å². The average molecular weight is 388 g/mol. The number of hydrogen-bond acceptors (Lipinski definition) is 7. The van der Waals surface area contributed by atoms with Crippen LogP contribution in [0, 0.1) is 6.92 Å². The third kappa shape index (κ3) is 4.85. The summed E-state index contributed by atoms with van der Waals surface area (Å²) in [5.41, 5.74) is 1.09. The first-order valence-corrected chi connectivity index (χ1v) is 9.43. The Hall–Kier alpha value is -2.87. The third-order valence-electron chi connectivity index (χ3n) is 3.72. The molecule has 3 aromatic rings. The van der Waals surface area contributed by atoms with Gasteiger partial charge in [0.15, 0.2) is 4.96 Å². The molecule has 0 saturated carbocycles. The lowest BCUT2D eigenvalue weighted by molar-refractivity contribution is -0.145. The van der Waals surface area contributed by atoms with Gasteiger partial charge in [-0.05, 0) is 38.1 Å². The van der Waals surface area contributed by atoms with Gasteiger partial charge < -0.3 is 14.2 Å². The third-order valence-corrected chi connectivity index (χ3v) is 4.66. The number of carbonyl (C=O) groups is 1. The van der Waals surface area contributed by atoms with Crippen LogP contribution in [0.1, 0.15) is 24.7 Å². The van der Waals surface area contributed by atoms with Gasteiger partial charge >= 0.3 is 5.97 Å². The predicted octanol–water partition coefficient (Wildman–Crippen LogP) is 2.98. The molecule has 1 aromatic carbocycles. The Kier molecular flexibility index (Phi) is 6.08. The van der Waals surface area contributed by atoms with Crippen molar-refractivity contribution >= 4 is 22.3 Å². The van der Waals surface area contributed by atoms with E-state index in [1.165, 1.54) is 21.8 Å². The summed E-state index contributed by atoms with van der Waals surface area (Å²) < 4.78 is 17.6. The van der Waals surface area contributed by atoms with Gasteiger partial charge in [0.05, 0.1) is 25.3 Å². The Balaban J connectivity index is 1.46. The zero-order chi connectivity index (χ0) is 19.2. The smallest absolute Gasteiger partial charge is 0.309 e. The molecule has 0 unspecified atom stereocenters. The summed E-state index contributed by atoms with van der Waals surface area (Å²) in [5, 5.41) is 1.86. The standard InChI is InChI=1S/C19H20N2O5S/c1-3-24-15-4-6-16(7-5-15)25-9-8-18(23)26-11-14-10-17(22)21-13(2)12-27-19(21)20-14/h4-7,10,12H,3,8-9,11H2,1-2H3. The summed E-state index contributed by atoms with van der Waals surface area (Å²) in [6.45, 7) is 4.53. The van der Waals surface area contributed by atoms with E-state index in [-0.39, 0.29) is 25.2 Å². The molecule has 7 nitrogen and oxygen atoms in total. The number of ether oxygens (including phenoxy) is 3. The van der Waals surface area contributed by atoms with Crippen LogP contribution in [-0.4, -0.2) is 28.6 Å². The van der Waals surface area contributed by atoms with Crippen molar-refractivity contribution in [2.45, 2.75) is 26.9 Å². The van der Waals surface area contributed by atoms with Crippen molar-refractivity contribution in [2.24, 2.45) is 0 Å². The van der Waals surface area contributed by atoms with E-state index in [1.807, 2.05) is 31.4 Å². The van der Waals surface area contributed by atoms with E-state index >= 15 is 0 Å². The Morgan fingerprint density at radius 1 is 1.19 bits per heavy atom. The molecule has 0 radical (unpaired) electrons. The van der Waals surface area contributed by atoms with Crippen LogP contribution in [0.25, 0.3) is 4.96 Å². The average Bonchev–Trinajstić information content (AvgIpc) is 3.03. The molecule has 8 heteroatoms. The fourth-order valence-electron chi connectivity index (χ4n) is 2.45. The second-order valence-corrected chi connectivity index (χ2v) is 6.58. The van der Waals surface area contributed by atoms with Crippen molar-refractivity contribution in [1.82, 2.24) is 9.38 Å².